The molecule has 2 aromatic rings. The number of nitrogens with zero attached hydrogens (tertiary/aromatic N) is 1. The number of piperidine rings is 1. The van der Waals surface area contributed by atoms with Gasteiger partial charge in [-0.15, -0.1) is 0 Å². The number of ether oxygens (including phenoxy) is 1. The van der Waals surface area contributed by atoms with Gasteiger partial charge in [0.1, 0.15) is 5.75 Å². The molecule has 2 aromatic carbocycles. The summed E-state index contributed by atoms with van der Waals surface area (Å²) >= 11 is 6.19. The van der Waals surface area contributed by atoms with Crippen LogP contribution in [0.25, 0.3) is 0 Å². The number of carbonyl (C=O) groups excluding carboxylic acids is 2. The Labute approximate surface area is 191 Å². The van der Waals surface area contributed by atoms with Crippen molar-refractivity contribution in [1.82, 2.24) is 4.31 Å². The van der Waals surface area contributed by atoms with Gasteiger partial charge in [-0.1, -0.05) is 17.7 Å². The first-order valence-electron chi connectivity index (χ1n) is 10.3. The number of sulfonamides is 1. The van der Waals surface area contributed by atoms with Crippen LogP contribution in [0.4, 0.5) is 11.4 Å². The quantitative estimate of drug-likeness (QED) is 0.702. The summed E-state index contributed by atoms with van der Waals surface area (Å²) in [6, 6.07) is 9.82. The van der Waals surface area contributed by atoms with E-state index in [1.165, 1.54) is 16.4 Å². The van der Waals surface area contributed by atoms with Crippen LogP contribution in [0.5, 0.6) is 5.75 Å². The van der Waals surface area contributed by atoms with Crippen LogP contribution in [0.1, 0.15) is 25.3 Å². The van der Waals surface area contributed by atoms with E-state index < -0.39 is 16.1 Å². The van der Waals surface area contributed by atoms with E-state index in [0.29, 0.717) is 35.0 Å². The zero-order valence-corrected chi connectivity index (χ0v) is 19.3. The number of fused-ring (bicyclic) bond motifs is 1. The molecule has 2 N–H and O–H groups in total. The topological polar surface area (TPSA) is 105 Å². The van der Waals surface area contributed by atoms with Gasteiger partial charge in [-0.05, 0) is 62.6 Å². The predicted octanol–water partition coefficient (Wildman–Crippen LogP) is 3.41. The second-order valence-corrected chi connectivity index (χ2v) is 10.4. The van der Waals surface area contributed by atoms with Crippen LogP contribution in [-0.2, 0) is 19.6 Å². The van der Waals surface area contributed by atoms with Crippen molar-refractivity contribution >= 4 is 44.8 Å². The largest absolute Gasteiger partial charge is 0.479 e. The molecule has 2 aliphatic heterocycles. The van der Waals surface area contributed by atoms with Gasteiger partial charge < -0.3 is 15.4 Å². The zero-order chi connectivity index (χ0) is 23.0. The Morgan fingerprint density at radius 2 is 1.91 bits per heavy atom. The number of aryl methyl sites for hydroxylation is 1. The Hall–Kier alpha value is -2.62. The fourth-order valence-corrected chi connectivity index (χ4v) is 5.59. The van der Waals surface area contributed by atoms with E-state index >= 15 is 0 Å². The van der Waals surface area contributed by atoms with E-state index in [0.717, 1.165) is 5.56 Å². The number of carbonyl (C=O) groups is 2. The number of halogens is 1. The second kappa shape index (κ2) is 8.73. The molecule has 32 heavy (non-hydrogen) atoms. The van der Waals surface area contributed by atoms with Crippen LogP contribution in [0.15, 0.2) is 41.3 Å². The van der Waals surface area contributed by atoms with Crippen molar-refractivity contribution in [3.8, 4) is 5.75 Å². The average Bonchev–Trinajstić information content (AvgIpc) is 2.76. The molecular weight excluding hydrogens is 454 g/mol. The zero-order valence-electron chi connectivity index (χ0n) is 17.7. The van der Waals surface area contributed by atoms with E-state index in [1.807, 2.05) is 13.0 Å². The van der Waals surface area contributed by atoms with Gasteiger partial charge in [-0.25, -0.2) is 8.42 Å². The predicted molar refractivity (Wildman–Crippen MR) is 121 cm³/mol. The molecule has 8 nitrogen and oxygen atoms in total. The molecule has 1 saturated heterocycles. The van der Waals surface area contributed by atoms with Crippen LogP contribution in [0, 0.1) is 12.8 Å². The van der Waals surface area contributed by atoms with E-state index in [2.05, 4.69) is 10.6 Å². The van der Waals surface area contributed by atoms with Crippen molar-refractivity contribution in [3.05, 3.63) is 47.0 Å². The van der Waals surface area contributed by atoms with Crippen molar-refractivity contribution < 1.29 is 22.7 Å². The molecule has 2 aliphatic rings. The average molecular weight is 478 g/mol. The van der Waals surface area contributed by atoms with Gasteiger partial charge in [0.05, 0.1) is 21.3 Å². The number of benzene rings is 2. The van der Waals surface area contributed by atoms with E-state index in [-0.39, 0.29) is 35.7 Å². The standard InChI is InChI=1S/C22H24ClN3O5S/c1-13-3-5-18(17(23)11-13)24-22(28)15-7-9-26(10-8-15)32(29,30)16-4-6-20-19(12-16)25-21(27)14(2)31-20/h3-6,11-12,14-15H,7-10H2,1-2H3,(H,24,28)(H,25,27)/t14-/m1/s1. The van der Waals surface area contributed by atoms with Crippen molar-refractivity contribution in [3.63, 3.8) is 0 Å². The summed E-state index contributed by atoms with van der Waals surface area (Å²) in [5.74, 6) is -0.374. The lowest BCUT2D eigenvalue weighted by atomic mass is 9.97. The number of hydrogen-bond donors (Lipinski definition) is 2. The number of hydrogen-bond acceptors (Lipinski definition) is 5. The third kappa shape index (κ3) is 4.46. The van der Waals surface area contributed by atoms with Crippen LogP contribution >= 0.6 is 11.6 Å². The maximum Gasteiger partial charge on any atom is 0.265 e. The van der Waals surface area contributed by atoms with E-state index in [4.69, 9.17) is 16.3 Å². The molecule has 2 amide bonds. The van der Waals surface area contributed by atoms with Crippen molar-refractivity contribution in [1.29, 1.82) is 0 Å². The summed E-state index contributed by atoms with van der Waals surface area (Å²) < 4.78 is 33.1. The summed E-state index contributed by atoms with van der Waals surface area (Å²) in [5.41, 5.74) is 1.87. The van der Waals surface area contributed by atoms with Crippen LogP contribution in [0.2, 0.25) is 5.02 Å². The first-order valence-corrected chi connectivity index (χ1v) is 12.2. The Kier molecular flexibility index (Phi) is 6.15. The minimum atomic E-state index is -3.77. The molecule has 0 aliphatic carbocycles. The Balaban J connectivity index is 1.42. The fraction of sp³-hybridized carbons (Fsp3) is 0.364. The monoisotopic (exact) mass is 477 g/mol. The molecule has 0 aromatic heterocycles. The lowest BCUT2D eigenvalue weighted by Gasteiger charge is -2.31. The minimum absolute atomic E-state index is 0.0732. The lowest BCUT2D eigenvalue weighted by molar-refractivity contribution is -0.123. The first-order chi connectivity index (χ1) is 15.1. The molecule has 0 saturated carbocycles. The molecule has 1 fully saturated rings. The second-order valence-electron chi connectivity index (χ2n) is 8.06. The summed E-state index contributed by atoms with van der Waals surface area (Å²) in [6.45, 7) is 3.98. The highest BCUT2D eigenvalue weighted by Gasteiger charge is 2.33. The summed E-state index contributed by atoms with van der Waals surface area (Å²) in [7, 11) is -3.77. The SMILES string of the molecule is Cc1ccc(NC(=O)C2CCN(S(=O)(=O)c3ccc4c(c3)NC(=O)[C@@H](C)O4)CC2)c(Cl)c1. The highest BCUT2D eigenvalue weighted by Crippen LogP contribution is 2.34. The van der Waals surface area contributed by atoms with Crippen molar-refractivity contribution in [2.45, 2.75) is 37.7 Å². The molecule has 2 heterocycles. The van der Waals surface area contributed by atoms with Gasteiger partial charge >= 0.3 is 0 Å². The Morgan fingerprint density at radius 3 is 2.59 bits per heavy atom. The maximum absolute atomic E-state index is 13.1. The van der Waals surface area contributed by atoms with Gasteiger partial charge in [0.2, 0.25) is 15.9 Å². The first kappa shape index (κ1) is 22.6. The number of amides is 2. The lowest BCUT2D eigenvalue weighted by Crippen LogP contribution is -2.41. The van der Waals surface area contributed by atoms with E-state index in [1.54, 1.807) is 25.1 Å². The Bertz CT molecular complexity index is 1180. The molecule has 0 radical (unpaired) electrons. The van der Waals surface area contributed by atoms with Crippen LogP contribution < -0.4 is 15.4 Å². The van der Waals surface area contributed by atoms with Crippen LogP contribution in [0.3, 0.4) is 0 Å². The third-order valence-corrected chi connectivity index (χ3v) is 7.93. The molecule has 1 atom stereocenters. The summed E-state index contributed by atoms with van der Waals surface area (Å²) in [5, 5.41) is 5.98. The number of anilines is 2. The number of nitrogens with one attached hydrogen (secondary N) is 2. The molecule has 0 unspecified atom stereocenters. The van der Waals surface area contributed by atoms with Gasteiger partial charge in [0.15, 0.2) is 6.10 Å². The van der Waals surface area contributed by atoms with Gasteiger partial charge in [0.25, 0.3) is 5.91 Å². The maximum atomic E-state index is 13.1. The van der Waals surface area contributed by atoms with Crippen molar-refractivity contribution in [2.24, 2.45) is 5.92 Å². The van der Waals surface area contributed by atoms with E-state index in [9.17, 15) is 18.0 Å². The molecule has 0 bridgehead atoms. The minimum Gasteiger partial charge on any atom is -0.479 e. The van der Waals surface area contributed by atoms with Gasteiger partial charge in [0, 0.05) is 19.0 Å². The smallest absolute Gasteiger partial charge is 0.265 e. The summed E-state index contributed by atoms with van der Waals surface area (Å²) in [6.07, 6.45) is 0.165. The molecule has 4 rings (SSSR count). The molecule has 10 heteroatoms. The molecular formula is C22H24ClN3O5S. The van der Waals surface area contributed by atoms with Gasteiger partial charge in [-0.3, -0.25) is 9.59 Å². The fourth-order valence-electron chi connectivity index (χ4n) is 3.81. The van der Waals surface area contributed by atoms with Crippen molar-refractivity contribution in [2.75, 3.05) is 23.7 Å². The highest BCUT2D eigenvalue weighted by molar-refractivity contribution is 7.89. The number of rotatable bonds is 4. The normalized spacial score (nSPS) is 19.6. The summed E-state index contributed by atoms with van der Waals surface area (Å²) in [4.78, 5) is 24.6. The Morgan fingerprint density at radius 1 is 1.19 bits per heavy atom. The third-order valence-electron chi connectivity index (χ3n) is 5.73. The molecule has 0 spiro atoms. The highest BCUT2D eigenvalue weighted by atomic mass is 35.5. The van der Waals surface area contributed by atoms with Crippen LogP contribution in [-0.4, -0.2) is 43.7 Å². The molecule has 170 valence electrons. The van der Waals surface area contributed by atoms with Gasteiger partial charge in [-0.2, -0.15) is 4.31 Å².